The zero-order valence-corrected chi connectivity index (χ0v) is 4.89. The van der Waals surface area contributed by atoms with Crippen molar-refractivity contribution >= 4 is 81.3 Å². The van der Waals surface area contributed by atoms with Gasteiger partial charge in [-0.3, -0.25) is 0 Å². The van der Waals surface area contributed by atoms with Crippen LogP contribution in [-0.4, -0.2) is 98.3 Å². The molecule has 0 aromatic heterocycles. The first-order chi connectivity index (χ1) is 3.73. The van der Waals surface area contributed by atoms with Crippen molar-refractivity contribution < 1.29 is 34.3 Å². The van der Waals surface area contributed by atoms with Gasteiger partial charge < -0.3 is 24.9 Å². The second-order valence-corrected chi connectivity index (χ2v) is 1.82. The van der Waals surface area contributed by atoms with Gasteiger partial charge in [0.1, 0.15) is 0 Å². The minimum atomic E-state index is -4.64. The third kappa shape index (κ3) is 402. The molecule has 0 bridgehead atoms. The summed E-state index contributed by atoms with van der Waals surface area (Å²) in [7, 11) is -4.64. The Balaban J connectivity index is -0.0000000383. The molecule has 0 aromatic rings. The van der Waals surface area contributed by atoms with Crippen molar-refractivity contribution in [2.75, 3.05) is 0 Å². The van der Waals surface area contributed by atoms with Crippen LogP contribution in [0.5, 0.6) is 0 Å². The minimum absolute atomic E-state index is 0. The molecule has 0 saturated heterocycles. The van der Waals surface area contributed by atoms with Crippen LogP contribution in [0.3, 0.4) is 0 Å². The molecule has 10 heteroatoms. The van der Waals surface area contributed by atoms with Crippen LogP contribution >= 0.6 is 7.82 Å². The van der Waals surface area contributed by atoms with Crippen LogP contribution in [0.15, 0.2) is 0 Å². The Labute approximate surface area is 114 Å². The van der Waals surface area contributed by atoms with Crippen LogP contribution in [-0.2, 0) is 4.57 Å². The molecule has 0 radical (unpaired) electrons. The standard InChI is InChI=1S/CH2O3.Ca.Na.H3O4P.3H/c2-1(3)4;;;1-5(2,3)4;;;/h(H2,2,3,4);;;(H3,1,2,3,4);;;. The molecule has 0 atom stereocenters. The van der Waals surface area contributed by atoms with Gasteiger partial charge in [-0.2, -0.15) is 0 Å². The van der Waals surface area contributed by atoms with Crippen molar-refractivity contribution in [1.29, 1.82) is 0 Å². The van der Waals surface area contributed by atoms with Gasteiger partial charge in [-0.15, -0.1) is 0 Å². The molecule has 0 aliphatic carbocycles. The fourth-order valence-corrected chi connectivity index (χ4v) is 0. The van der Waals surface area contributed by atoms with Crippen molar-refractivity contribution in [3.63, 3.8) is 0 Å². The average molecular weight is 226 g/mol. The first-order valence-corrected chi connectivity index (χ1v) is 3.00. The summed E-state index contributed by atoms with van der Waals surface area (Å²) in [4.78, 5) is 30.1. The van der Waals surface area contributed by atoms with Gasteiger partial charge in [0.15, 0.2) is 0 Å². The van der Waals surface area contributed by atoms with Crippen molar-refractivity contribution in [3.05, 3.63) is 0 Å². The molecule has 0 aliphatic rings. The van der Waals surface area contributed by atoms with E-state index in [1.807, 2.05) is 0 Å². The van der Waals surface area contributed by atoms with Gasteiger partial charge in [-0.25, -0.2) is 9.36 Å². The predicted molar refractivity (Wildman–Crippen MR) is 40.6 cm³/mol. The van der Waals surface area contributed by atoms with E-state index in [9.17, 15) is 0 Å². The van der Waals surface area contributed by atoms with E-state index >= 15 is 0 Å². The Hall–Kier alpha value is 1.64. The molecule has 0 spiro atoms. The number of hydrogen-bond acceptors (Lipinski definition) is 2. The van der Waals surface area contributed by atoms with Crippen molar-refractivity contribution in [1.82, 2.24) is 0 Å². The molecule has 0 aliphatic heterocycles. The van der Waals surface area contributed by atoms with E-state index in [0.29, 0.717) is 0 Å². The topological polar surface area (TPSA) is 135 Å². The summed E-state index contributed by atoms with van der Waals surface area (Å²) in [6.45, 7) is 0. The fourth-order valence-electron chi connectivity index (χ4n) is 0. The first kappa shape index (κ1) is 22.9. The average Bonchev–Trinajstić information content (AvgIpc) is 1.19. The summed E-state index contributed by atoms with van der Waals surface area (Å²) in [5.41, 5.74) is 0. The zero-order valence-electron chi connectivity index (χ0n) is 4.00. The second kappa shape index (κ2) is 11.6. The molecule has 0 heterocycles. The van der Waals surface area contributed by atoms with Crippen molar-refractivity contribution in [2.24, 2.45) is 0 Å². The van der Waals surface area contributed by atoms with Gasteiger partial charge in [-0.1, -0.05) is 0 Å². The van der Waals surface area contributed by atoms with Crippen LogP contribution in [0.25, 0.3) is 0 Å². The summed E-state index contributed by atoms with van der Waals surface area (Å²) in [6, 6.07) is 0. The van der Waals surface area contributed by atoms with Crippen molar-refractivity contribution in [2.45, 2.75) is 0 Å². The monoisotopic (exact) mass is 226 g/mol. The van der Waals surface area contributed by atoms with E-state index in [0.717, 1.165) is 0 Å². The Kier molecular flexibility index (Phi) is 24.3. The molecule has 0 unspecified atom stereocenters. The summed E-state index contributed by atoms with van der Waals surface area (Å²) >= 11 is 0. The molecule has 0 rings (SSSR count). The second-order valence-electron chi connectivity index (χ2n) is 0.796. The molecule has 62 valence electrons. The number of phosphoric acid groups is 1. The van der Waals surface area contributed by atoms with E-state index < -0.39 is 14.0 Å². The maximum absolute atomic E-state index is 8.88. The van der Waals surface area contributed by atoms with E-state index in [-0.39, 0.29) is 67.3 Å². The molecule has 7 nitrogen and oxygen atoms in total. The predicted octanol–water partition coefficient (Wildman–Crippen LogP) is -2.27. The number of hydrogen-bond donors (Lipinski definition) is 5. The fraction of sp³-hybridized carbons (Fsp3) is 0. The quantitative estimate of drug-likeness (QED) is 0.232. The third-order valence-corrected chi connectivity index (χ3v) is 0. The van der Waals surface area contributed by atoms with Gasteiger partial charge in [0.05, 0.1) is 0 Å². The number of carbonyl (C=O) groups is 1. The molecule has 5 N–H and O–H groups in total. The SMILES string of the molecule is O=C(O)O.O=P(O)(O)O.[CaH2].[NaH]. The Morgan fingerprint density at radius 3 is 1.09 bits per heavy atom. The summed E-state index contributed by atoms with van der Waals surface area (Å²) < 4.78 is 8.88. The normalized spacial score (nSPS) is 7.55. The van der Waals surface area contributed by atoms with Crippen LogP contribution in [0.4, 0.5) is 4.79 Å². The van der Waals surface area contributed by atoms with Gasteiger partial charge in [-0.05, 0) is 0 Å². The molecule has 0 aromatic carbocycles. The van der Waals surface area contributed by atoms with Gasteiger partial charge in [0, 0.05) is 0 Å². The molecular formula is CH8CaNaO7P. The molecular weight excluding hydrogens is 218 g/mol. The molecule has 0 amide bonds. The summed E-state index contributed by atoms with van der Waals surface area (Å²) in [5, 5.41) is 13.9. The van der Waals surface area contributed by atoms with E-state index in [1.54, 1.807) is 0 Å². The zero-order chi connectivity index (χ0) is 8.08. The molecule has 11 heavy (non-hydrogen) atoms. The van der Waals surface area contributed by atoms with Crippen LogP contribution in [0, 0.1) is 0 Å². The van der Waals surface area contributed by atoms with Crippen LogP contribution in [0.2, 0.25) is 0 Å². The maximum atomic E-state index is 8.88. The number of rotatable bonds is 0. The Bertz CT molecular complexity index is 118. The van der Waals surface area contributed by atoms with Gasteiger partial charge in [0.25, 0.3) is 0 Å². The Morgan fingerprint density at radius 2 is 1.09 bits per heavy atom. The van der Waals surface area contributed by atoms with E-state index in [1.165, 1.54) is 0 Å². The summed E-state index contributed by atoms with van der Waals surface area (Å²) in [5.74, 6) is 0. The molecule has 0 saturated carbocycles. The van der Waals surface area contributed by atoms with Crippen molar-refractivity contribution in [3.8, 4) is 0 Å². The Morgan fingerprint density at radius 1 is 1.09 bits per heavy atom. The van der Waals surface area contributed by atoms with E-state index in [2.05, 4.69) is 0 Å². The summed E-state index contributed by atoms with van der Waals surface area (Å²) in [6.07, 6.45) is -1.83. The first-order valence-electron chi connectivity index (χ1n) is 1.43. The number of carboxylic acid groups (broad SMARTS) is 2. The van der Waals surface area contributed by atoms with Crippen LogP contribution in [0.1, 0.15) is 0 Å². The third-order valence-electron chi connectivity index (χ3n) is 0. The van der Waals surface area contributed by atoms with E-state index in [4.69, 9.17) is 34.3 Å². The van der Waals surface area contributed by atoms with Crippen LogP contribution < -0.4 is 0 Å². The van der Waals surface area contributed by atoms with Gasteiger partial charge in [0.2, 0.25) is 0 Å². The van der Waals surface area contributed by atoms with Gasteiger partial charge >= 0.3 is 81.3 Å². The molecule has 0 fully saturated rings.